The van der Waals surface area contributed by atoms with Gasteiger partial charge in [0.25, 0.3) is 0 Å². The summed E-state index contributed by atoms with van der Waals surface area (Å²) in [5.41, 5.74) is 2.72. The number of thiazole rings is 1. The van der Waals surface area contributed by atoms with E-state index >= 15 is 0 Å². The van der Waals surface area contributed by atoms with Gasteiger partial charge in [-0.15, -0.1) is 11.3 Å². The number of amides is 2. The van der Waals surface area contributed by atoms with Gasteiger partial charge in [0.15, 0.2) is 5.78 Å². The lowest BCUT2D eigenvalue weighted by atomic mass is 10.1. The number of nitrogens with zero attached hydrogens (tertiary/aromatic N) is 2. The molecule has 1 saturated heterocycles. The van der Waals surface area contributed by atoms with E-state index in [1.807, 2.05) is 25.1 Å². The SMILES string of the molecule is CC(=O)c1cccc(NC(=O)C2CC(=O)N(c3ccc4sc(C)nc4c3)C2)c1. The first kappa shape index (κ1) is 18.3. The van der Waals surface area contributed by atoms with Gasteiger partial charge in [0.05, 0.1) is 21.1 Å². The summed E-state index contributed by atoms with van der Waals surface area (Å²) in [6.07, 6.45) is 0.159. The summed E-state index contributed by atoms with van der Waals surface area (Å²) in [7, 11) is 0. The van der Waals surface area contributed by atoms with E-state index in [9.17, 15) is 14.4 Å². The molecule has 2 aromatic carbocycles. The molecule has 3 aromatic rings. The summed E-state index contributed by atoms with van der Waals surface area (Å²) in [4.78, 5) is 42.8. The molecule has 142 valence electrons. The van der Waals surface area contributed by atoms with Gasteiger partial charge in [-0.05, 0) is 44.2 Å². The van der Waals surface area contributed by atoms with E-state index in [0.717, 1.165) is 20.9 Å². The molecule has 1 atom stereocenters. The van der Waals surface area contributed by atoms with Crippen LogP contribution in [-0.4, -0.2) is 29.1 Å². The van der Waals surface area contributed by atoms with Crippen LogP contribution >= 0.6 is 11.3 Å². The molecule has 2 heterocycles. The van der Waals surface area contributed by atoms with Gasteiger partial charge in [-0.1, -0.05) is 12.1 Å². The van der Waals surface area contributed by atoms with Gasteiger partial charge >= 0.3 is 0 Å². The first-order valence-corrected chi connectivity index (χ1v) is 9.82. The Morgan fingerprint density at radius 3 is 2.82 bits per heavy atom. The number of aryl methyl sites for hydroxylation is 1. The number of fused-ring (bicyclic) bond motifs is 1. The highest BCUT2D eigenvalue weighted by Gasteiger charge is 2.35. The predicted octanol–water partition coefficient (Wildman–Crippen LogP) is 3.80. The summed E-state index contributed by atoms with van der Waals surface area (Å²) >= 11 is 1.61. The number of Topliss-reactive ketones (excluding diaryl/α,β-unsaturated/α-hetero) is 1. The van der Waals surface area contributed by atoms with E-state index in [-0.39, 0.29) is 24.0 Å². The summed E-state index contributed by atoms with van der Waals surface area (Å²) in [6.45, 7) is 3.76. The minimum Gasteiger partial charge on any atom is -0.326 e. The second-order valence-electron chi connectivity index (χ2n) is 6.92. The Bertz CT molecular complexity index is 1110. The van der Waals surface area contributed by atoms with Crippen molar-refractivity contribution in [3.63, 3.8) is 0 Å². The lowest BCUT2D eigenvalue weighted by Crippen LogP contribution is -2.28. The van der Waals surface area contributed by atoms with Crippen LogP contribution in [0.1, 0.15) is 28.7 Å². The summed E-state index contributed by atoms with van der Waals surface area (Å²) in [5.74, 6) is -0.807. The number of carbonyl (C=O) groups excluding carboxylic acids is 3. The molecule has 0 aliphatic carbocycles. The zero-order valence-electron chi connectivity index (χ0n) is 15.6. The van der Waals surface area contributed by atoms with Crippen LogP contribution in [0.4, 0.5) is 11.4 Å². The fourth-order valence-electron chi connectivity index (χ4n) is 3.39. The second-order valence-corrected chi connectivity index (χ2v) is 8.15. The highest BCUT2D eigenvalue weighted by Crippen LogP contribution is 2.30. The molecule has 1 fully saturated rings. The normalized spacial score (nSPS) is 16.6. The first-order valence-electron chi connectivity index (χ1n) is 9.00. The van der Waals surface area contributed by atoms with Crippen LogP contribution in [0, 0.1) is 12.8 Å². The molecule has 1 aliphatic heterocycles. The van der Waals surface area contributed by atoms with Gasteiger partial charge in [-0.2, -0.15) is 0 Å². The number of hydrogen-bond donors (Lipinski definition) is 1. The highest BCUT2D eigenvalue weighted by molar-refractivity contribution is 7.18. The lowest BCUT2D eigenvalue weighted by molar-refractivity contribution is -0.122. The molecule has 1 unspecified atom stereocenters. The van der Waals surface area contributed by atoms with Crippen molar-refractivity contribution in [2.75, 3.05) is 16.8 Å². The van der Waals surface area contributed by atoms with Crippen molar-refractivity contribution in [3.8, 4) is 0 Å². The predicted molar refractivity (Wildman–Crippen MR) is 110 cm³/mol. The molecule has 28 heavy (non-hydrogen) atoms. The maximum absolute atomic E-state index is 12.6. The van der Waals surface area contributed by atoms with E-state index in [0.29, 0.717) is 17.8 Å². The maximum atomic E-state index is 12.6. The Kier molecular flexibility index (Phi) is 4.68. The topological polar surface area (TPSA) is 79.4 Å². The Balaban J connectivity index is 1.49. The van der Waals surface area contributed by atoms with Gasteiger partial charge < -0.3 is 10.2 Å². The van der Waals surface area contributed by atoms with Crippen molar-refractivity contribution < 1.29 is 14.4 Å². The Hall–Kier alpha value is -3.06. The first-order chi connectivity index (χ1) is 13.4. The molecule has 0 saturated carbocycles. The Morgan fingerprint density at radius 2 is 2.04 bits per heavy atom. The molecule has 0 bridgehead atoms. The molecule has 7 heteroatoms. The monoisotopic (exact) mass is 393 g/mol. The fourth-order valence-corrected chi connectivity index (χ4v) is 4.20. The average molecular weight is 393 g/mol. The summed E-state index contributed by atoms with van der Waals surface area (Å²) in [5, 5.41) is 3.80. The minimum atomic E-state index is -0.443. The standard InChI is InChI=1S/C21H19N3O3S/c1-12(25)14-4-3-5-16(8-14)23-21(27)15-9-20(26)24(11-15)17-6-7-19-18(10-17)22-13(2)28-19/h3-8,10,15H,9,11H2,1-2H3,(H,23,27). The number of benzene rings is 2. The highest BCUT2D eigenvalue weighted by atomic mass is 32.1. The molecular weight excluding hydrogens is 374 g/mol. The van der Waals surface area contributed by atoms with Crippen LogP contribution in [0.5, 0.6) is 0 Å². The molecule has 2 amide bonds. The molecular formula is C21H19N3O3S. The molecule has 1 aliphatic rings. The molecule has 0 radical (unpaired) electrons. The molecule has 1 N–H and O–H groups in total. The van der Waals surface area contributed by atoms with E-state index in [2.05, 4.69) is 10.3 Å². The van der Waals surface area contributed by atoms with Crippen LogP contribution in [0.25, 0.3) is 10.2 Å². The molecule has 0 spiro atoms. The van der Waals surface area contributed by atoms with Crippen LogP contribution in [-0.2, 0) is 9.59 Å². The largest absolute Gasteiger partial charge is 0.326 e. The van der Waals surface area contributed by atoms with Gasteiger partial charge in [-0.3, -0.25) is 14.4 Å². The third-order valence-electron chi connectivity index (χ3n) is 4.82. The quantitative estimate of drug-likeness (QED) is 0.684. The summed E-state index contributed by atoms with van der Waals surface area (Å²) < 4.78 is 1.08. The number of ketones is 1. The van der Waals surface area contributed by atoms with E-state index in [1.165, 1.54) is 6.92 Å². The Labute approximate surface area is 166 Å². The third-order valence-corrected chi connectivity index (χ3v) is 5.77. The number of rotatable bonds is 4. The van der Waals surface area contributed by atoms with Crippen molar-refractivity contribution in [1.29, 1.82) is 0 Å². The zero-order chi connectivity index (χ0) is 19.8. The number of anilines is 2. The average Bonchev–Trinajstić information content (AvgIpc) is 3.23. The smallest absolute Gasteiger partial charge is 0.229 e. The van der Waals surface area contributed by atoms with Crippen LogP contribution in [0.15, 0.2) is 42.5 Å². The maximum Gasteiger partial charge on any atom is 0.229 e. The van der Waals surface area contributed by atoms with E-state index in [4.69, 9.17) is 0 Å². The molecule has 6 nitrogen and oxygen atoms in total. The van der Waals surface area contributed by atoms with Gasteiger partial charge in [0.1, 0.15) is 0 Å². The number of hydrogen-bond acceptors (Lipinski definition) is 5. The van der Waals surface area contributed by atoms with Crippen molar-refractivity contribution in [2.45, 2.75) is 20.3 Å². The fraction of sp³-hybridized carbons (Fsp3) is 0.238. The number of nitrogens with one attached hydrogen (secondary N) is 1. The zero-order valence-corrected chi connectivity index (χ0v) is 16.4. The number of carbonyl (C=O) groups is 3. The third kappa shape index (κ3) is 3.53. The van der Waals surface area contributed by atoms with Gasteiger partial charge in [0.2, 0.25) is 11.8 Å². The second kappa shape index (κ2) is 7.16. The van der Waals surface area contributed by atoms with Crippen molar-refractivity contribution in [1.82, 2.24) is 4.98 Å². The van der Waals surface area contributed by atoms with Crippen LogP contribution in [0.2, 0.25) is 0 Å². The number of aromatic nitrogens is 1. The van der Waals surface area contributed by atoms with Crippen molar-refractivity contribution in [3.05, 3.63) is 53.0 Å². The van der Waals surface area contributed by atoms with Crippen molar-refractivity contribution in [2.24, 2.45) is 5.92 Å². The van der Waals surface area contributed by atoms with Gasteiger partial charge in [0, 0.05) is 29.9 Å². The van der Waals surface area contributed by atoms with Crippen LogP contribution < -0.4 is 10.2 Å². The molecule has 1 aromatic heterocycles. The minimum absolute atomic E-state index is 0.0639. The molecule has 4 rings (SSSR count). The van der Waals surface area contributed by atoms with Crippen LogP contribution in [0.3, 0.4) is 0 Å². The van der Waals surface area contributed by atoms with Crippen molar-refractivity contribution >= 4 is 50.5 Å². The lowest BCUT2D eigenvalue weighted by Gasteiger charge is -2.17. The van der Waals surface area contributed by atoms with E-state index in [1.54, 1.807) is 40.5 Å². The van der Waals surface area contributed by atoms with Gasteiger partial charge in [-0.25, -0.2) is 4.98 Å². The summed E-state index contributed by atoms with van der Waals surface area (Å²) in [6, 6.07) is 12.6. The van der Waals surface area contributed by atoms with E-state index < -0.39 is 5.92 Å². The Morgan fingerprint density at radius 1 is 1.21 bits per heavy atom.